The average molecular weight is 443 g/mol. The van der Waals surface area contributed by atoms with Gasteiger partial charge in [-0.15, -0.1) is 0 Å². The molecule has 3 aliphatic rings. The summed E-state index contributed by atoms with van der Waals surface area (Å²) < 4.78 is 39.2. The molecule has 3 saturated heterocycles. The summed E-state index contributed by atoms with van der Waals surface area (Å²) >= 11 is 6.24. The summed E-state index contributed by atoms with van der Waals surface area (Å²) in [6.45, 7) is 5.19. The van der Waals surface area contributed by atoms with Crippen LogP contribution in [0, 0.1) is 5.92 Å². The average Bonchev–Trinajstić information content (AvgIpc) is 3.16. The zero-order valence-electron chi connectivity index (χ0n) is 16.6. The molecule has 160 valence electrons. The molecule has 3 fully saturated rings. The molecular weight excluding hydrogens is 416 g/mol. The van der Waals surface area contributed by atoms with Crippen LogP contribution in [0.15, 0.2) is 23.1 Å². The fourth-order valence-electron chi connectivity index (χ4n) is 4.36. The van der Waals surface area contributed by atoms with Gasteiger partial charge in [0.2, 0.25) is 10.0 Å². The molecule has 1 spiro atoms. The van der Waals surface area contributed by atoms with Gasteiger partial charge in [0.15, 0.2) is 5.79 Å². The summed E-state index contributed by atoms with van der Waals surface area (Å²) in [4.78, 5) is 14.7. The molecule has 9 heteroatoms. The van der Waals surface area contributed by atoms with Crippen molar-refractivity contribution in [3.63, 3.8) is 0 Å². The van der Waals surface area contributed by atoms with E-state index in [0.29, 0.717) is 63.7 Å². The van der Waals surface area contributed by atoms with Crippen LogP contribution in [0.5, 0.6) is 0 Å². The highest BCUT2D eigenvalue weighted by atomic mass is 35.5. The van der Waals surface area contributed by atoms with E-state index in [-0.39, 0.29) is 15.8 Å². The van der Waals surface area contributed by atoms with Gasteiger partial charge >= 0.3 is 0 Å². The lowest BCUT2D eigenvalue weighted by Crippen LogP contribution is -2.47. The maximum Gasteiger partial charge on any atom is 0.253 e. The van der Waals surface area contributed by atoms with Crippen molar-refractivity contribution < 1.29 is 22.7 Å². The van der Waals surface area contributed by atoms with Gasteiger partial charge in [0, 0.05) is 44.6 Å². The highest BCUT2D eigenvalue weighted by Gasteiger charge is 2.41. The molecule has 0 aromatic heterocycles. The second-order valence-corrected chi connectivity index (χ2v) is 10.5. The Balaban J connectivity index is 1.53. The van der Waals surface area contributed by atoms with Gasteiger partial charge in [0.25, 0.3) is 5.91 Å². The molecule has 3 aliphatic heterocycles. The molecule has 4 rings (SSSR count). The predicted molar refractivity (Wildman–Crippen MR) is 108 cm³/mol. The number of hydrogen-bond acceptors (Lipinski definition) is 5. The number of ether oxygens (including phenoxy) is 2. The van der Waals surface area contributed by atoms with Gasteiger partial charge in [-0.1, -0.05) is 18.5 Å². The van der Waals surface area contributed by atoms with Gasteiger partial charge in [-0.2, -0.15) is 4.31 Å². The van der Waals surface area contributed by atoms with Crippen molar-refractivity contribution in [2.24, 2.45) is 5.92 Å². The monoisotopic (exact) mass is 442 g/mol. The second kappa shape index (κ2) is 8.15. The van der Waals surface area contributed by atoms with Crippen molar-refractivity contribution in [3.8, 4) is 0 Å². The minimum absolute atomic E-state index is 0.00931. The number of piperidine rings is 2. The van der Waals surface area contributed by atoms with E-state index in [4.69, 9.17) is 21.1 Å². The Hall–Kier alpha value is -1.19. The number of rotatable bonds is 3. The summed E-state index contributed by atoms with van der Waals surface area (Å²) in [5.74, 6) is -0.447. The van der Waals surface area contributed by atoms with E-state index < -0.39 is 15.8 Å². The fourth-order valence-corrected chi connectivity index (χ4v) is 6.46. The highest BCUT2D eigenvalue weighted by Crippen LogP contribution is 2.33. The number of carbonyl (C=O) groups is 1. The van der Waals surface area contributed by atoms with Crippen LogP contribution in [0.3, 0.4) is 0 Å². The van der Waals surface area contributed by atoms with Crippen molar-refractivity contribution in [2.75, 3.05) is 39.4 Å². The molecule has 1 atom stereocenters. The summed E-state index contributed by atoms with van der Waals surface area (Å²) in [5.41, 5.74) is 0.335. The first-order chi connectivity index (χ1) is 13.8. The van der Waals surface area contributed by atoms with Gasteiger partial charge in [0.05, 0.1) is 18.2 Å². The van der Waals surface area contributed by atoms with Crippen molar-refractivity contribution in [3.05, 3.63) is 28.8 Å². The van der Waals surface area contributed by atoms with Crippen molar-refractivity contribution in [1.82, 2.24) is 9.21 Å². The van der Waals surface area contributed by atoms with Gasteiger partial charge in [-0.25, -0.2) is 8.42 Å². The summed E-state index contributed by atoms with van der Waals surface area (Å²) in [6.07, 6.45) is 3.07. The fraction of sp³-hybridized carbons (Fsp3) is 0.650. The van der Waals surface area contributed by atoms with Crippen molar-refractivity contribution in [2.45, 2.75) is 43.3 Å². The van der Waals surface area contributed by atoms with E-state index in [1.807, 2.05) is 6.92 Å². The van der Waals surface area contributed by atoms with Crippen LogP contribution >= 0.6 is 11.6 Å². The van der Waals surface area contributed by atoms with Gasteiger partial charge in [-0.05, 0) is 37.0 Å². The lowest BCUT2D eigenvalue weighted by molar-refractivity contribution is -0.181. The number of carbonyl (C=O) groups excluding carboxylic acids is 1. The first kappa shape index (κ1) is 21.1. The number of likely N-dealkylation sites (tertiary alicyclic amines) is 1. The van der Waals surface area contributed by atoms with E-state index >= 15 is 0 Å². The molecule has 1 aromatic rings. The summed E-state index contributed by atoms with van der Waals surface area (Å²) in [5, 5.41) is 0.144. The lowest BCUT2D eigenvalue weighted by atomic mass is 10.0. The number of sulfonamides is 1. The molecule has 29 heavy (non-hydrogen) atoms. The Morgan fingerprint density at radius 2 is 1.86 bits per heavy atom. The van der Waals surface area contributed by atoms with Gasteiger partial charge in [-0.3, -0.25) is 4.79 Å². The Labute approximate surface area is 176 Å². The first-order valence-electron chi connectivity index (χ1n) is 10.2. The first-order valence-corrected chi connectivity index (χ1v) is 12.0. The Morgan fingerprint density at radius 3 is 2.52 bits per heavy atom. The van der Waals surface area contributed by atoms with E-state index in [1.54, 1.807) is 11.0 Å². The predicted octanol–water partition coefficient (Wildman–Crippen LogP) is 2.74. The number of nitrogens with zero attached hydrogens (tertiary/aromatic N) is 2. The molecule has 1 aromatic carbocycles. The summed E-state index contributed by atoms with van der Waals surface area (Å²) in [7, 11) is -3.74. The van der Waals surface area contributed by atoms with Crippen LogP contribution in [0.1, 0.15) is 43.0 Å². The molecule has 1 amide bonds. The molecule has 0 bridgehead atoms. The van der Waals surface area contributed by atoms with Crippen molar-refractivity contribution in [1.29, 1.82) is 0 Å². The molecule has 3 heterocycles. The zero-order chi connectivity index (χ0) is 20.6. The largest absolute Gasteiger partial charge is 0.347 e. The minimum Gasteiger partial charge on any atom is -0.347 e. The lowest BCUT2D eigenvalue weighted by Gasteiger charge is -2.37. The van der Waals surface area contributed by atoms with E-state index in [0.717, 1.165) is 12.8 Å². The number of halogens is 1. The minimum atomic E-state index is -3.74. The standard InChI is InChI=1S/C20H27ClN2O5S/c1-15-3-2-8-23(14-15)29(25,26)18-13-16(4-5-17(18)21)19(24)22-9-6-20(7-10-22)27-11-12-28-20/h4-5,13,15H,2-3,6-12,14H2,1H3/t15-/m1/s1. The quantitative estimate of drug-likeness (QED) is 0.719. The summed E-state index contributed by atoms with van der Waals surface area (Å²) in [6, 6.07) is 4.52. The molecular formula is C20H27ClN2O5S. The SMILES string of the molecule is C[C@@H]1CCCN(S(=O)(=O)c2cc(C(=O)N3CCC4(CC3)OCCO4)ccc2Cl)C1. The topological polar surface area (TPSA) is 76.2 Å². The van der Waals surface area contributed by atoms with Gasteiger partial charge in [0.1, 0.15) is 4.90 Å². The third-order valence-electron chi connectivity index (χ3n) is 6.04. The van der Waals surface area contributed by atoms with Crippen LogP contribution in [-0.2, 0) is 19.5 Å². The Bertz CT molecular complexity index is 875. The second-order valence-electron chi connectivity index (χ2n) is 8.16. The van der Waals surface area contributed by atoms with E-state index in [1.165, 1.54) is 16.4 Å². The van der Waals surface area contributed by atoms with Crippen LogP contribution in [0.2, 0.25) is 5.02 Å². The van der Waals surface area contributed by atoms with Crippen LogP contribution < -0.4 is 0 Å². The van der Waals surface area contributed by atoms with Gasteiger partial charge < -0.3 is 14.4 Å². The third kappa shape index (κ3) is 4.18. The highest BCUT2D eigenvalue weighted by molar-refractivity contribution is 7.89. The number of benzene rings is 1. The molecule has 0 radical (unpaired) electrons. The smallest absolute Gasteiger partial charge is 0.253 e. The molecule has 0 unspecified atom stereocenters. The zero-order valence-corrected chi connectivity index (χ0v) is 18.2. The number of hydrogen-bond donors (Lipinski definition) is 0. The molecule has 7 nitrogen and oxygen atoms in total. The van der Waals surface area contributed by atoms with Crippen LogP contribution in [0.4, 0.5) is 0 Å². The van der Waals surface area contributed by atoms with Crippen molar-refractivity contribution >= 4 is 27.5 Å². The molecule has 0 aliphatic carbocycles. The maximum absolute atomic E-state index is 13.2. The maximum atomic E-state index is 13.2. The van der Waals surface area contributed by atoms with Crippen LogP contribution in [0.25, 0.3) is 0 Å². The number of amides is 1. The normalized spacial score (nSPS) is 25.4. The van der Waals surface area contributed by atoms with E-state index in [9.17, 15) is 13.2 Å². The van der Waals surface area contributed by atoms with E-state index in [2.05, 4.69) is 0 Å². The molecule has 0 N–H and O–H groups in total. The molecule has 0 saturated carbocycles. The Morgan fingerprint density at radius 1 is 1.17 bits per heavy atom. The van der Waals surface area contributed by atoms with Crippen LogP contribution in [-0.4, -0.2) is 68.7 Å². The third-order valence-corrected chi connectivity index (χ3v) is 8.39. The Kier molecular flexibility index (Phi) is 5.92.